The summed E-state index contributed by atoms with van der Waals surface area (Å²) in [6, 6.07) is 10.8. The summed E-state index contributed by atoms with van der Waals surface area (Å²) >= 11 is 0. The molecule has 0 bridgehead atoms. The number of benzene rings is 2. The Morgan fingerprint density at radius 3 is 1.41 bits per heavy atom. The Balaban J connectivity index is 2.32. The molecule has 114 valence electrons. The minimum atomic E-state index is 0.187. The van der Waals surface area contributed by atoms with Crippen molar-refractivity contribution in [3.05, 3.63) is 58.7 Å². The molecule has 4 nitrogen and oxygen atoms in total. The van der Waals surface area contributed by atoms with Crippen molar-refractivity contribution in [2.75, 3.05) is 0 Å². The third-order valence-electron chi connectivity index (χ3n) is 3.44. The van der Waals surface area contributed by atoms with Crippen LogP contribution in [0.4, 0.5) is 0 Å². The fourth-order valence-corrected chi connectivity index (χ4v) is 2.15. The van der Waals surface area contributed by atoms with Gasteiger partial charge in [-0.05, 0) is 63.1 Å². The standard InChI is InChI=1S/C18H20N2O2/c1-11-5-7-15(17(21)9-11)13(3)19-20-14(4)16-8-6-12(2)10-18(16)22/h5-10,21-22H,1-4H3/b19-13-,20-14+. The van der Waals surface area contributed by atoms with E-state index < -0.39 is 0 Å². The molecule has 0 aliphatic carbocycles. The summed E-state index contributed by atoms with van der Waals surface area (Å²) in [5, 5.41) is 28.2. The summed E-state index contributed by atoms with van der Waals surface area (Å²) < 4.78 is 0. The van der Waals surface area contributed by atoms with E-state index in [0.29, 0.717) is 22.6 Å². The quantitative estimate of drug-likeness (QED) is 0.665. The zero-order valence-electron chi connectivity index (χ0n) is 13.3. The van der Waals surface area contributed by atoms with Gasteiger partial charge in [0.1, 0.15) is 11.5 Å². The van der Waals surface area contributed by atoms with E-state index in [0.717, 1.165) is 11.1 Å². The predicted molar refractivity (Wildman–Crippen MR) is 90.1 cm³/mol. The number of rotatable bonds is 3. The average Bonchev–Trinajstić information content (AvgIpc) is 2.44. The normalized spacial score (nSPS) is 12.5. The Morgan fingerprint density at radius 2 is 1.09 bits per heavy atom. The van der Waals surface area contributed by atoms with Crippen molar-refractivity contribution < 1.29 is 10.2 Å². The number of hydrogen-bond donors (Lipinski definition) is 2. The molecule has 0 aliphatic rings. The van der Waals surface area contributed by atoms with Crippen molar-refractivity contribution in [2.24, 2.45) is 10.2 Å². The Morgan fingerprint density at radius 1 is 0.727 bits per heavy atom. The zero-order chi connectivity index (χ0) is 16.3. The van der Waals surface area contributed by atoms with Crippen LogP contribution in [0, 0.1) is 13.8 Å². The van der Waals surface area contributed by atoms with Crippen molar-refractivity contribution in [2.45, 2.75) is 27.7 Å². The SMILES string of the molecule is C/C(=N/N=C(\C)c1ccc(C)cc1O)c1ccc(C)cc1O. The lowest BCUT2D eigenvalue weighted by molar-refractivity contribution is 0.473. The van der Waals surface area contributed by atoms with Crippen LogP contribution in [0.5, 0.6) is 11.5 Å². The van der Waals surface area contributed by atoms with Gasteiger partial charge in [-0.25, -0.2) is 0 Å². The van der Waals surface area contributed by atoms with Gasteiger partial charge in [0.25, 0.3) is 0 Å². The van der Waals surface area contributed by atoms with Crippen LogP contribution in [0.3, 0.4) is 0 Å². The van der Waals surface area contributed by atoms with Gasteiger partial charge >= 0.3 is 0 Å². The molecule has 0 spiro atoms. The van der Waals surface area contributed by atoms with Gasteiger partial charge in [0, 0.05) is 11.1 Å². The predicted octanol–water partition coefficient (Wildman–Crippen LogP) is 3.95. The van der Waals surface area contributed by atoms with Gasteiger partial charge in [-0.2, -0.15) is 10.2 Å². The van der Waals surface area contributed by atoms with E-state index in [2.05, 4.69) is 10.2 Å². The van der Waals surface area contributed by atoms with E-state index in [9.17, 15) is 10.2 Å². The first kappa shape index (κ1) is 15.8. The van der Waals surface area contributed by atoms with Crippen molar-refractivity contribution >= 4 is 11.4 Å². The maximum atomic E-state index is 9.95. The second-order valence-electron chi connectivity index (χ2n) is 5.41. The van der Waals surface area contributed by atoms with E-state index in [1.165, 1.54) is 0 Å². The first-order valence-electron chi connectivity index (χ1n) is 7.07. The van der Waals surface area contributed by atoms with E-state index in [4.69, 9.17) is 0 Å². The molecule has 0 unspecified atom stereocenters. The Labute approximate surface area is 130 Å². The minimum absolute atomic E-state index is 0.187. The topological polar surface area (TPSA) is 65.2 Å². The molecule has 2 aromatic carbocycles. The number of aryl methyl sites for hydroxylation is 2. The van der Waals surface area contributed by atoms with Crippen LogP contribution in [0.1, 0.15) is 36.1 Å². The van der Waals surface area contributed by atoms with Gasteiger partial charge in [0.15, 0.2) is 0 Å². The van der Waals surface area contributed by atoms with Crippen LogP contribution in [-0.4, -0.2) is 21.6 Å². The first-order chi connectivity index (χ1) is 10.4. The Bertz CT molecular complexity index is 696. The summed E-state index contributed by atoms with van der Waals surface area (Å²) in [7, 11) is 0. The van der Waals surface area contributed by atoms with E-state index in [1.54, 1.807) is 26.0 Å². The van der Waals surface area contributed by atoms with Crippen LogP contribution in [-0.2, 0) is 0 Å². The van der Waals surface area contributed by atoms with Crippen LogP contribution in [0.2, 0.25) is 0 Å². The van der Waals surface area contributed by atoms with E-state index in [-0.39, 0.29) is 11.5 Å². The third kappa shape index (κ3) is 3.52. The fourth-order valence-electron chi connectivity index (χ4n) is 2.15. The van der Waals surface area contributed by atoms with Crippen molar-refractivity contribution in [1.82, 2.24) is 0 Å². The highest BCUT2D eigenvalue weighted by Crippen LogP contribution is 2.21. The molecule has 0 aromatic heterocycles. The monoisotopic (exact) mass is 296 g/mol. The van der Waals surface area contributed by atoms with E-state index >= 15 is 0 Å². The van der Waals surface area contributed by atoms with Gasteiger partial charge in [-0.1, -0.05) is 12.1 Å². The smallest absolute Gasteiger partial charge is 0.124 e. The van der Waals surface area contributed by atoms with Crippen LogP contribution in [0.15, 0.2) is 46.6 Å². The highest BCUT2D eigenvalue weighted by Gasteiger charge is 2.06. The van der Waals surface area contributed by atoms with Crippen LogP contribution >= 0.6 is 0 Å². The lowest BCUT2D eigenvalue weighted by Crippen LogP contribution is -1.98. The number of nitrogens with zero attached hydrogens (tertiary/aromatic N) is 2. The molecule has 0 radical (unpaired) electrons. The molecular weight excluding hydrogens is 276 g/mol. The largest absolute Gasteiger partial charge is 0.507 e. The second-order valence-corrected chi connectivity index (χ2v) is 5.41. The highest BCUT2D eigenvalue weighted by molar-refractivity contribution is 6.04. The molecule has 4 heteroatoms. The first-order valence-corrected chi connectivity index (χ1v) is 7.07. The fraction of sp³-hybridized carbons (Fsp3) is 0.222. The van der Waals surface area contributed by atoms with Crippen molar-refractivity contribution in [1.29, 1.82) is 0 Å². The molecule has 0 atom stereocenters. The molecule has 0 saturated carbocycles. The van der Waals surface area contributed by atoms with Crippen molar-refractivity contribution in [3.63, 3.8) is 0 Å². The minimum Gasteiger partial charge on any atom is -0.507 e. The molecule has 2 N–H and O–H groups in total. The summed E-state index contributed by atoms with van der Waals surface area (Å²) in [6.45, 7) is 7.41. The van der Waals surface area contributed by atoms with Gasteiger partial charge in [0.05, 0.1) is 11.4 Å². The lowest BCUT2D eigenvalue weighted by atomic mass is 10.1. The molecule has 0 saturated heterocycles. The van der Waals surface area contributed by atoms with Gasteiger partial charge < -0.3 is 10.2 Å². The molecule has 0 aliphatic heterocycles. The molecule has 0 heterocycles. The number of phenols is 2. The number of hydrogen-bond acceptors (Lipinski definition) is 4. The summed E-state index contributed by atoms with van der Waals surface area (Å²) in [6.07, 6.45) is 0. The van der Waals surface area contributed by atoms with Crippen LogP contribution < -0.4 is 0 Å². The van der Waals surface area contributed by atoms with Gasteiger partial charge in [0.2, 0.25) is 0 Å². The summed E-state index contributed by atoms with van der Waals surface area (Å²) in [4.78, 5) is 0. The van der Waals surface area contributed by atoms with Gasteiger partial charge in [-0.15, -0.1) is 0 Å². The van der Waals surface area contributed by atoms with Crippen molar-refractivity contribution in [3.8, 4) is 11.5 Å². The molecule has 2 rings (SSSR count). The number of phenolic OH excluding ortho intramolecular Hbond substituents is 2. The zero-order valence-corrected chi connectivity index (χ0v) is 13.3. The molecular formula is C18H20N2O2. The Hall–Kier alpha value is -2.62. The Kier molecular flexibility index (Phi) is 4.61. The summed E-state index contributed by atoms with van der Waals surface area (Å²) in [5.41, 5.74) is 4.49. The van der Waals surface area contributed by atoms with Gasteiger partial charge in [-0.3, -0.25) is 0 Å². The highest BCUT2D eigenvalue weighted by atomic mass is 16.3. The maximum absolute atomic E-state index is 9.95. The second kappa shape index (κ2) is 6.43. The molecule has 0 fully saturated rings. The van der Waals surface area contributed by atoms with Crippen LogP contribution in [0.25, 0.3) is 0 Å². The molecule has 2 aromatic rings. The third-order valence-corrected chi connectivity index (χ3v) is 3.44. The lowest BCUT2D eigenvalue weighted by Gasteiger charge is -2.05. The summed E-state index contributed by atoms with van der Waals surface area (Å²) in [5.74, 6) is 0.375. The molecule has 0 amide bonds. The maximum Gasteiger partial charge on any atom is 0.124 e. The number of aromatic hydroxyl groups is 2. The average molecular weight is 296 g/mol. The molecule has 22 heavy (non-hydrogen) atoms. The van der Waals surface area contributed by atoms with E-state index in [1.807, 2.05) is 38.1 Å².